The van der Waals surface area contributed by atoms with Gasteiger partial charge in [0, 0.05) is 9.50 Å². The Hall–Kier alpha value is -0.0900. The van der Waals surface area contributed by atoms with E-state index in [1.54, 1.807) is 12.1 Å². The summed E-state index contributed by atoms with van der Waals surface area (Å²) in [5, 5.41) is 10.5. The largest absolute Gasteiger partial charge is 0.391 e. The highest BCUT2D eigenvalue weighted by Gasteiger charge is 2.21. The van der Waals surface area contributed by atoms with E-state index in [4.69, 9.17) is 17.3 Å². The van der Waals surface area contributed by atoms with Gasteiger partial charge in [0.2, 0.25) is 0 Å². The van der Waals surface area contributed by atoms with Gasteiger partial charge in [-0.15, -0.1) is 0 Å². The number of nitrogens with two attached hydrogens (primary N) is 1. The third-order valence-corrected chi connectivity index (χ3v) is 3.33. The molecule has 0 radical (unpaired) electrons. The van der Waals surface area contributed by atoms with Crippen molar-refractivity contribution in [2.24, 2.45) is 11.7 Å². The van der Waals surface area contributed by atoms with Crippen LogP contribution in [0.1, 0.15) is 25.5 Å². The Labute approximate surface area is 104 Å². The van der Waals surface area contributed by atoms with E-state index in [1.807, 2.05) is 19.9 Å². The van der Waals surface area contributed by atoms with Crippen molar-refractivity contribution in [3.63, 3.8) is 0 Å². The van der Waals surface area contributed by atoms with Gasteiger partial charge >= 0.3 is 0 Å². The molecule has 0 amide bonds. The number of aliphatic hydroxyl groups excluding tert-OH is 1. The highest BCUT2D eigenvalue weighted by Crippen LogP contribution is 2.29. The molecule has 15 heavy (non-hydrogen) atoms. The Morgan fingerprint density at radius 2 is 2.00 bits per heavy atom. The molecule has 1 rings (SSSR count). The standard InChI is InChI=1S/C11H15BrClNO/c1-6(2)11(15)10(14)8-5-7(13)3-4-9(8)12/h3-6,10-11,15H,14H2,1-2H3/t10-,11+/m1/s1. The van der Waals surface area contributed by atoms with E-state index in [9.17, 15) is 5.11 Å². The topological polar surface area (TPSA) is 46.2 Å². The maximum Gasteiger partial charge on any atom is 0.0756 e. The van der Waals surface area contributed by atoms with Gasteiger partial charge < -0.3 is 10.8 Å². The molecule has 1 aromatic rings. The maximum absolute atomic E-state index is 9.87. The van der Waals surface area contributed by atoms with Crippen LogP contribution >= 0.6 is 27.5 Å². The summed E-state index contributed by atoms with van der Waals surface area (Å²) in [4.78, 5) is 0. The van der Waals surface area contributed by atoms with Crippen LogP contribution in [0, 0.1) is 5.92 Å². The van der Waals surface area contributed by atoms with Gasteiger partial charge in [0.1, 0.15) is 0 Å². The first kappa shape index (κ1) is 13.0. The quantitative estimate of drug-likeness (QED) is 0.899. The van der Waals surface area contributed by atoms with Crippen LogP contribution in [-0.4, -0.2) is 11.2 Å². The van der Waals surface area contributed by atoms with Gasteiger partial charge in [-0.25, -0.2) is 0 Å². The third-order valence-electron chi connectivity index (χ3n) is 2.37. The molecule has 0 spiro atoms. The lowest BCUT2D eigenvalue weighted by Crippen LogP contribution is -2.30. The van der Waals surface area contributed by atoms with Crippen LogP contribution < -0.4 is 5.73 Å². The normalized spacial score (nSPS) is 15.4. The van der Waals surface area contributed by atoms with Crippen molar-refractivity contribution in [3.8, 4) is 0 Å². The summed E-state index contributed by atoms with van der Waals surface area (Å²) in [6, 6.07) is 4.98. The minimum absolute atomic E-state index is 0.117. The van der Waals surface area contributed by atoms with E-state index in [0.717, 1.165) is 10.0 Å². The second kappa shape index (κ2) is 5.30. The SMILES string of the molecule is CC(C)[C@H](O)[C@H](N)c1cc(Cl)ccc1Br. The Bertz CT molecular complexity index is 343. The summed E-state index contributed by atoms with van der Waals surface area (Å²) in [6.07, 6.45) is -0.570. The fourth-order valence-electron chi connectivity index (χ4n) is 1.37. The van der Waals surface area contributed by atoms with Gasteiger partial charge in [-0.1, -0.05) is 41.4 Å². The van der Waals surface area contributed by atoms with E-state index < -0.39 is 12.1 Å². The average Bonchev–Trinajstić information content (AvgIpc) is 2.19. The molecule has 0 aromatic heterocycles. The summed E-state index contributed by atoms with van der Waals surface area (Å²) >= 11 is 9.29. The van der Waals surface area contributed by atoms with E-state index in [0.29, 0.717) is 5.02 Å². The molecule has 0 saturated carbocycles. The van der Waals surface area contributed by atoms with Gasteiger partial charge in [0.05, 0.1) is 12.1 Å². The van der Waals surface area contributed by atoms with Crippen molar-refractivity contribution >= 4 is 27.5 Å². The number of benzene rings is 1. The summed E-state index contributed by atoms with van der Waals surface area (Å²) in [6.45, 7) is 3.87. The molecule has 84 valence electrons. The molecule has 0 heterocycles. The highest BCUT2D eigenvalue weighted by molar-refractivity contribution is 9.10. The molecule has 1 aromatic carbocycles. The maximum atomic E-state index is 9.87. The van der Waals surface area contributed by atoms with Crippen molar-refractivity contribution in [1.29, 1.82) is 0 Å². The molecule has 4 heteroatoms. The number of hydrogen-bond donors (Lipinski definition) is 2. The van der Waals surface area contributed by atoms with Crippen LogP contribution in [0.2, 0.25) is 5.02 Å². The van der Waals surface area contributed by atoms with Gasteiger partial charge in [-0.2, -0.15) is 0 Å². The molecule has 0 unspecified atom stereocenters. The van der Waals surface area contributed by atoms with E-state index in [2.05, 4.69) is 15.9 Å². The molecule has 2 atom stereocenters. The van der Waals surface area contributed by atoms with Crippen LogP contribution in [0.4, 0.5) is 0 Å². The number of halogens is 2. The first-order valence-corrected chi connectivity index (χ1v) is 5.99. The summed E-state index contributed by atoms with van der Waals surface area (Å²) in [5.41, 5.74) is 6.81. The second-order valence-corrected chi connectivity index (χ2v) is 5.22. The molecular formula is C11H15BrClNO. The van der Waals surface area contributed by atoms with Crippen molar-refractivity contribution in [2.75, 3.05) is 0 Å². The first-order chi connectivity index (χ1) is 6.93. The molecule has 0 saturated heterocycles. The van der Waals surface area contributed by atoms with Crippen molar-refractivity contribution in [2.45, 2.75) is 26.0 Å². The van der Waals surface area contributed by atoms with E-state index >= 15 is 0 Å². The molecule has 0 aliphatic heterocycles. The lowest BCUT2D eigenvalue weighted by atomic mass is 9.94. The average molecular weight is 293 g/mol. The van der Waals surface area contributed by atoms with Gasteiger partial charge in [0.15, 0.2) is 0 Å². The van der Waals surface area contributed by atoms with Gasteiger partial charge in [-0.05, 0) is 29.7 Å². The van der Waals surface area contributed by atoms with E-state index in [1.165, 1.54) is 0 Å². The zero-order chi connectivity index (χ0) is 11.6. The summed E-state index contributed by atoms with van der Waals surface area (Å²) < 4.78 is 0.874. The number of hydrogen-bond acceptors (Lipinski definition) is 2. The molecule has 0 bridgehead atoms. The Balaban J connectivity index is 2.99. The van der Waals surface area contributed by atoms with Crippen molar-refractivity contribution in [1.82, 2.24) is 0 Å². The molecule has 0 aliphatic carbocycles. The highest BCUT2D eigenvalue weighted by atomic mass is 79.9. The predicted molar refractivity (Wildman–Crippen MR) is 66.9 cm³/mol. The predicted octanol–water partition coefficient (Wildman–Crippen LogP) is 3.12. The lowest BCUT2D eigenvalue weighted by molar-refractivity contribution is 0.0977. The first-order valence-electron chi connectivity index (χ1n) is 4.82. The Morgan fingerprint density at radius 1 is 1.40 bits per heavy atom. The van der Waals surface area contributed by atoms with Crippen LogP contribution in [0.3, 0.4) is 0 Å². The van der Waals surface area contributed by atoms with E-state index in [-0.39, 0.29) is 5.92 Å². The van der Waals surface area contributed by atoms with Crippen molar-refractivity contribution in [3.05, 3.63) is 33.3 Å². The minimum atomic E-state index is -0.570. The Kier molecular flexibility index (Phi) is 4.59. The van der Waals surface area contributed by atoms with Crippen molar-refractivity contribution < 1.29 is 5.11 Å². The molecule has 0 aliphatic rings. The third kappa shape index (κ3) is 3.18. The smallest absolute Gasteiger partial charge is 0.0756 e. The fourth-order valence-corrected chi connectivity index (χ4v) is 2.06. The summed E-state index contributed by atoms with van der Waals surface area (Å²) in [5.74, 6) is 0.117. The fraction of sp³-hybridized carbons (Fsp3) is 0.455. The monoisotopic (exact) mass is 291 g/mol. The molecule has 2 nitrogen and oxygen atoms in total. The second-order valence-electron chi connectivity index (χ2n) is 3.93. The molecule has 3 N–H and O–H groups in total. The molecule has 0 fully saturated rings. The lowest BCUT2D eigenvalue weighted by Gasteiger charge is -2.23. The van der Waals surface area contributed by atoms with Crippen LogP contribution in [-0.2, 0) is 0 Å². The van der Waals surface area contributed by atoms with Gasteiger partial charge in [0.25, 0.3) is 0 Å². The van der Waals surface area contributed by atoms with Crippen LogP contribution in [0.5, 0.6) is 0 Å². The Morgan fingerprint density at radius 3 is 2.53 bits per heavy atom. The van der Waals surface area contributed by atoms with Crippen LogP contribution in [0.25, 0.3) is 0 Å². The number of aliphatic hydroxyl groups is 1. The zero-order valence-corrected chi connectivity index (χ0v) is 11.1. The van der Waals surface area contributed by atoms with Crippen LogP contribution in [0.15, 0.2) is 22.7 Å². The molecular weight excluding hydrogens is 277 g/mol. The van der Waals surface area contributed by atoms with Gasteiger partial charge in [-0.3, -0.25) is 0 Å². The summed E-state index contributed by atoms with van der Waals surface area (Å²) in [7, 11) is 0. The number of rotatable bonds is 3. The minimum Gasteiger partial charge on any atom is -0.391 e. The zero-order valence-electron chi connectivity index (χ0n) is 8.74.